The molecule has 0 spiro atoms. The number of hydrogen-bond acceptors (Lipinski definition) is 3. The summed E-state index contributed by atoms with van der Waals surface area (Å²) in [6, 6.07) is 21.5. The monoisotopic (exact) mass is 409 g/mol. The van der Waals surface area contributed by atoms with Crippen LogP contribution in [0.25, 0.3) is 11.1 Å². The van der Waals surface area contributed by atoms with Gasteiger partial charge in [0.15, 0.2) is 0 Å². The van der Waals surface area contributed by atoms with Crippen molar-refractivity contribution < 1.29 is 9.50 Å². The van der Waals surface area contributed by atoms with Crippen molar-refractivity contribution in [3.05, 3.63) is 83.7 Å². The number of hydrogen-bond donors (Lipinski definition) is 2. The van der Waals surface area contributed by atoms with Crippen molar-refractivity contribution in [2.45, 2.75) is 48.4 Å². The zero-order chi connectivity index (χ0) is 20.9. The summed E-state index contributed by atoms with van der Waals surface area (Å²) in [6.45, 7) is 4.03. The summed E-state index contributed by atoms with van der Waals surface area (Å²) in [4.78, 5) is 1.98. The molecule has 0 aliphatic heterocycles. The number of rotatable bonds is 8. The van der Waals surface area contributed by atoms with E-state index >= 15 is 0 Å². The van der Waals surface area contributed by atoms with Gasteiger partial charge in [-0.25, -0.2) is 4.39 Å². The van der Waals surface area contributed by atoms with Gasteiger partial charge in [-0.1, -0.05) is 66.7 Å². The maximum Gasteiger partial charge on any atom is 0.132 e. The third kappa shape index (κ3) is 5.69. The third-order valence-corrected chi connectivity index (χ3v) is 6.39. The molecule has 1 unspecified atom stereocenters. The molecular weight excluding hydrogens is 381 g/mol. The maximum atomic E-state index is 14.7. The fourth-order valence-electron chi connectivity index (χ4n) is 3.15. The van der Waals surface area contributed by atoms with Gasteiger partial charge in [0.25, 0.3) is 0 Å². The van der Waals surface area contributed by atoms with Crippen LogP contribution >= 0.6 is 11.8 Å². The second-order valence-electron chi connectivity index (χ2n) is 7.63. The number of nitrogens with two attached hydrogens (primary N) is 1. The third-order valence-electron chi connectivity index (χ3n) is 5.39. The molecule has 3 aromatic carbocycles. The number of benzene rings is 3. The van der Waals surface area contributed by atoms with Crippen LogP contribution in [0.5, 0.6) is 0 Å². The smallest absolute Gasteiger partial charge is 0.132 e. The molecule has 0 saturated heterocycles. The Morgan fingerprint density at radius 3 is 2.21 bits per heavy atom. The molecule has 0 radical (unpaired) electrons. The lowest BCUT2D eigenvalue weighted by Gasteiger charge is -2.25. The van der Waals surface area contributed by atoms with Crippen LogP contribution in [-0.2, 0) is 6.42 Å². The summed E-state index contributed by atoms with van der Waals surface area (Å²) >= 11 is 1.56. The van der Waals surface area contributed by atoms with E-state index in [4.69, 9.17) is 5.73 Å². The molecule has 0 aromatic heterocycles. The molecule has 4 heteroatoms. The van der Waals surface area contributed by atoms with Gasteiger partial charge in [0.1, 0.15) is 5.82 Å². The van der Waals surface area contributed by atoms with E-state index in [9.17, 15) is 9.50 Å². The van der Waals surface area contributed by atoms with Crippen molar-refractivity contribution in [2.75, 3.05) is 6.61 Å². The first-order valence-electron chi connectivity index (χ1n) is 9.95. The molecule has 3 rings (SSSR count). The summed E-state index contributed by atoms with van der Waals surface area (Å²) in [6.07, 6.45) is 2.25. The molecular formula is C25H28FNOS. The van der Waals surface area contributed by atoms with Crippen molar-refractivity contribution in [3.8, 4) is 11.1 Å². The minimum atomic E-state index is -0.532. The molecule has 0 aliphatic carbocycles. The first-order chi connectivity index (χ1) is 13.9. The van der Waals surface area contributed by atoms with Crippen LogP contribution in [0, 0.1) is 12.7 Å². The molecule has 3 N–H and O–H groups in total. The van der Waals surface area contributed by atoms with Crippen molar-refractivity contribution in [1.82, 2.24) is 0 Å². The number of aliphatic hydroxyl groups excluding tert-OH is 1. The lowest BCUT2D eigenvalue weighted by Crippen LogP contribution is -2.43. The van der Waals surface area contributed by atoms with E-state index in [1.54, 1.807) is 17.8 Å². The molecule has 152 valence electrons. The van der Waals surface area contributed by atoms with E-state index in [2.05, 4.69) is 31.2 Å². The van der Waals surface area contributed by atoms with Gasteiger partial charge in [0, 0.05) is 20.9 Å². The van der Waals surface area contributed by atoms with Crippen molar-refractivity contribution in [1.29, 1.82) is 0 Å². The molecule has 3 aromatic rings. The molecule has 2 nitrogen and oxygen atoms in total. The van der Waals surface area contributed by atoms with E-state index in [-0.39, 0.29) is 12.4 Å². The van der Waals surface area contributed by atoms with E-state index in [1.807, 2.05) is 43.3 Å². The van der Waals surface area contributed by atoms with Crippen molar-refractivity contribution in [3.63, 3.8) is 0 Å². The second kappa shape index (κ2) is 9.57. The highest BCUT2D eigenvalue weighted by molar-refractivity contribution is 7.99. The van der Waals surface area contributed by atoms with E-state index in [0.29, 0.717) is 5.56 Å². The van der Waals surface area contributed by atoms with Crippen LogP contribution in [0.3, 0.4) is 0 Å². The Balaban J connectivity index is 1.69. The van der Waals surface area contributed by atoms with Gasteiger partial charge in [-0.2, -0.15) is 0 Å². The van der Waals surface area contributed by atoms with Gasteiger partial charge in [-0.05, 0) is 61.6 Å². The predicted octanol–water partition coefficient (Wildman–Crippen LogP) is 5.98. The van der Waals surface area contributed by atoms with E-state index in [1.165, 1.54) is 5.56 Å². The van der Waals surface area contributed by atoms with Gasteiger partial charge in [0.05, 0.1) is 6.61 Å². The van der Waals surface area contributed by atoms with Crippen LogP contribution < -0.4 is 5.73 Å². The van der Waals surface area contributed by atoms with Crippen LogP contribution in [0.15, 0.2) is 76.5 Å². The highest BCUT2D eigenvalue weighted by atomic mass is 32.2. The molecule has 0 saturated carbocycles. The Hall–Kier alpha value is -2.14. The molecule has 0 aliphatic rings. The summed E-state index contributed by atoms with van der Waals surface area (Å²) in [5.41, 5.74) is 9.43. The van der Waals surface area contributed by atoms with Crippen LogP contribution in [0.2, 0.25) is 0 Å². The number of aryl methyl sites for hydroxylation is 2. The number of aliphatic hydroxyl groups is 1. The number of halogens is 1. The van der Waals surface area contributed by atoms with E-state index in [0.717, 1.165) is 40.2 Å². The standard InChI is InChI=1S/C25H28FNOS/c1-3-25(27,17-28)15-14-19-6-8-20(9-7-19)23-13-12-22(16-24(23)26)29-21-10-4-18(2)5-11-21/h4-13,16,28H,3,14-15,17,27H2,1-2H3. The van der Waals surface area contributed by atoms with Crippen LogP contribution in [-0.4, -0.2) is 17.3 Å². The fraction of sp³-hybridized carbons (Fsp3) is 0.280. The lowest BCUT2D eigenvalue weighted by molar-refractivity contribution is 0.183. The Bertz CT molecular complexity index is 934. The summed E-state index contributed by atoms with van der Waals surface area (Å²) < 4.78 is 14.7. The highest BCUT2D eigenvalue weighted by Crippen LogP contribution is 2.32. The topological polar surface area (TPSA) is 46.2 Å². The Morgan fingerprint density at radius 1 is 0.966 bits per heavy atom. The average molecular weight is 410 g/mol. The minimum Gasteiger partial charge on any atom is -0.394 e. The molecule has 0 fully saturated rings. The zero-order valence-electron chi connectivity index (χ0n) is 17.0. The molecule has 29 heavy (non-hydrogen) atoms. The molecule has 0 bridgehead atoms. The Labute approximate surface area is 177 Å². The second-order valence-corrected chi connectivity index (χ2v) is 8.77. The van der Waals surface area contributed by atoms with E-state index < -0.39 is 5.54 Å². The van der Waals surface area contributed by atoms with Crippen molar-refractivity contribution in [2.24, 2.45) is 5.73 Å². The van der Waals surface area contributed by atoms with Gasteiger partial charge in [0.2, 0.25) is 0 Å². The lowest BCUT2D eigenvalue weighted by atomic mass is 9.90. The average Bonchev–Trinajstić information content (AvgIpc) is 2.74. The van der Waals surface area contributed by atoms with Gasteiger partial charge in [-0.3, -0.25) is 0 Å². The van der Waals surface area contributed by atoms with Crippen LogP contribution in [0.1, 0.15) is 30.9 Å². The van der Waals surface area contributed by atoms with Gasteiger partial charge >= 0.3 is 0 Å². The quantitative estimate of drug-likeness (QED) is 0.481. The molecule has 1 atom stereocenters. The largest absolute Gasteiger partial charge is 0.394 e. The SMILES string of the molecule is CCC(N)(CO)CCc1ccc(-c2ccc(Sc3ccc(C)cc3)cc2F)cc1. The first-order valence-corrected chi connectivity index (χ1v) is 10.8. The normalized spacial score (nSPS) is 13.3. The fourth-order valence-corrected chi connectivity index (χ4v) is 3.99. The maximum absolute atomic E-state index is 14.7. The van der Waals surface area contributed by atoms with Gasteiger partial charge in [-0.15, -0.1) is 0 Å². The summed E-state index contributed by atoms with van der Waals surface area (Å²) in [5, 5.41) is 9.45. The molecule has 0 heterocycles. The summed E-state index contributed by atoms with van der Waals surface area (Å²) in [7, 11) is 0. The predicted molar refractivity (Wildman–Crippen MR) is 120 cm³/mol. The van der Waals surface area contributed by atoms with Gasteiger partial charge < -0.3 is 10.8 Å². The highest BCUT2D eigenvalue weighted by Gasteiger charge is 2.21. The van der Waals surface area contributed by atoms with Crippen LogP contribution in [0.4, 0.5) is 4.39 Å². The summed E-state index contributed by atoms with van der Waals surface area (Å²) in [5.74, 6) is -0.220. The Kier molecular flexibility index (Phi) is 7.12. The first kappa shape index (κ1) is 21.6. The van der Waals surface area contributed by atoms with Crippen molar-refractivity contribution >= 4 is 11.8 Å². The zero-order valence-corrected chi connectivity index (χ0v) is 17.8. The minimum absolute atomic E-state index is 0.0141. The Morgan fingerprint density at radius 2 is 1.62 bits per heavy atom. The molecule has 0 amide bonds.